The fourth-order valence-corrected chi connectivity index (χ4v) is 2.76. The first-order valence-corrected chi connectivity index (χ1v) is 7.33. The van der Waals surface area contributed by atoms with Gasteiger partial charge in [0.25, 0.3) is 0 Å². The Bertz CT molecular complexity index is 505. The van der Waals surface area contributed by atoms with Gasteiger partial charge < -0.3 is 15.5 Å². The number of aliphatic imine (C=N–C) groups is 1. The molecule has 2 fully saturated rings. The maximum Gasteiger partial charge on any atom is 0.191 e. The van der Waals surface area contributed by atoms with Crippen LogP contribution in [0.25, 0.3) is 0 Å². The third-order valence-corrected chi connectivity index (χ3v) is 4.12. The summed E-state index contributed by atoms with van der Waals surface area (Å²) in [6.45, 7) is 4.25. The maximum absolute atomic E-state index is 14.1. The number of nitrogens with two attached hydrogens (primary N) is 1. The predicted molar refractivity (Wildman–Crippen MR) is 79.4 cm³/mol. The van der Waals surface area contributed by atoms with Crippen LogP contribution in [0.2, 0.25) is 0 Å². The fraction of sp³-hybridized carbons (Fsp3) is 0.533. The number of anilines is 1. The van der Waals surface area contributed by atoms with Gasteiger partial charge in [0, 0.05) is 37.4 Å². The molecule has 0 bridgehead atoms. The van der Waals surface area contributed by atoms with Gasteiger partial charge in [0.15, 0.2) is 5.96 Å². The Morgan fingerprint density at radius 3 is 2.55 bits per heavy atom. The summed E-state index contributed by atoms with van der Waals surface area (Å²) < 4.78 is 14.1. The molecule has 0 aliphatic carbocycles. The van der Waals surface area contributed by atoms with E-state index in [2.05, 4.69) is 9.89 Å². The van der Waals surface area contributed by atoms with E-state index in [0.29, 0.717) is 18.1 Å². The molecule has 0 unspecified atom stereocenters. The first-order valence-electron chi connectivity index (χ1n) is 7.33. The van der Waals surface area contributed by atoms with Gasteiger partial charge in [0.2, 0.25) is 0 Å². The molecule has 2 heterocycles. The van der Waals surface area contributed by atoms with Crippen LogP contribution in [0.1, 0.15) is 24.8 Å². The van der Waals surface area contributed by atoms with Gasteiger partial charge in [0.05, 0.1) is 6.54 Å². The van der Waals surface area contributed by atoms with Gasteiger partial charge in [-0.2, -0.15) is 0 Å². The molecule has 0 aromatic heterocycles. The summed E-state index contributed by atoms with van der Waals surface area (Å²) in [6.07, 6.45) is 3.51. The lowest BCUT2D eigenvalue weighted by Gasteiger charge is -2.31. The van der Waals surface area contributed by atoms with Gasteiger partial charge in [-0.1, -0.05) is 6.07 Å². The van der Waals surface area contributed by atoms with Crippen molar-refractivity contribution in [1.29, 1.82) is 0 Å². The summed E-state index contributed by atoms with van der Waals surface area (Å²) in [5.41, 5.74) is 7.56. The monoisotopic (exact) mass is 276 g/mol. The minimum atomic E-state index is -0.186. The number of guanidine groups is 1. The lowest BCUT2D eigenvalue weighted by Crippen LogP contribution is -2.46. The molecule has 4 nitrogen and oxygen atoms in total. The highest BCUT2D eigenvalue weighted by molar-refractivity contribution is 5.78. The van der Waals surface area contributed by atoms with E-state index in [0.717, 1.165) is 38.3 Å². The Balaban J connectivity index is 1.80. The number of nitrogens with zero attached hydrogens (tertiary/aromatic N) is 3. The highest BCUT2D eigenvalue weighted by Gasteiger charge is 2.19. The van der Waals surface area contributed by atoms with Crippen molar-refractivity contribution in [3.05, 3.63) is 29.6 Å². The van der Waals surface area contributed by atoms with Gasteiger partial charge in [-0.3, -0.25) is 0 Å². The van der Waals surface area contributed by atoms with Crippen molar-refractivity contribution in [3.8, 4) is 0 Å². The second-order valence-electron chi connectivity index (χ2n) is 5.45. The van der Waals surface area contributed by atoms with E-state index in [1.165, 1.54) is 18.9 Å². The van der Waals surface area contributed by atoms with Crippen molar-refractivity contribution in [2.45, 2.75) is 25.8 Å². The van der Waals surface area contributed by atoms with Crippen molar-refractivity contribution >= 4 is 11.6 Å². The largest absolute Gasteiger partial charge is 0.371 e. The highest BCUT2D eigenvalue weighted by Crippen LogP contribution is 2.27. The first kappa shape index (κ1) is 13.2. The van der Waals surface area contributed by atoms with E-state index >= 15 is 0 Å². The van der Waals surface area contributed by atoms with Crippen LogP contribution >= 0.6 is 0 Å². The molecule has 2 aliphatic heterocycles. The molecule has 0 radical (unpaired) electrons. The van der Waals surface area contributed by atoms with E-state index in [-0.39, 0.29) is 5.82 Å². The van der Waals surface area contributed by atoms with Crippen LogP contribution in [0.4, 0.5) is 10.1 Å². The summed E-state index contributed by atoms with van der Waals surface area (Å²) in [4.78, 5) is 8.63. The number of halogens is 1. The molecule has 0 saturated carbocycles. The van der Waals surface area contributed by atoms with Crippen LogP contribution < -0.4 is 10.6 Å². The Kier molecular flexibility index (Phi) is 3.76. The van der Waals surface area contributed by atoms with Crippen molar-refractivity contribution in [3.63, 3.8) is 0 Å². The van der Waals surface area contributed by atoms with E-state index in [9.17, 15) is 4.39 Å². The van der Waals surface area contributed by atoms with E-state index in [4.69, 9.17) is 5.73 Å². The number of likely N-dealkylation sites (tertiary alicyclic amines) is 1. The average molecular weight is 276 g/mol. The smallest absolute Gasteiger partial charge is 0.191 e. The normalized spacial score (nSPS) is 19.4. The summed E-state index contributed by atoms with van der Waals surface area (Å²) in [6, 6.07) is 5.26. The minimum Gasteiger partial charge on any atom is -0.371 e. The lowest BCUT2D eigenvalue weighted by atomic mass is 10.1. The molecule has 0 atom stereocenters. The van der Waals surface area contributed by atoms with Crippen LogP contribution in [-0.4, -0.2) is 37.0 Å². The van der Waals surface area contributed by atoms with Gasteiger partial charge in [-0.25, -0.2) is 9.38 Å². The Morgan fingerprint density at radius 1 is 1.15 bits per heavy atom. The van der Waals surface area contributed by atoms with Gasteiger partial charge in [-0.15, -0.1) is 0 Å². The Hall–Kier alpha value is -1.78. The number of benzene rings is 1. The Morgan fingerprint density at radius 2 is 1.90 bits per heavy atom. The third-order valence-electron chi connectivity index (χ3n) is 4.12. The second kappa shape index (κ2) is 5.69. The minimum absolute atomic E-state index is 0.186. The van der Waals surface area contributed by atoms with Crippen molar-refractivity contribution in [2.75, 3.05) is 31.1 Å². The molecule has 0 amide bonds. The van der Waals surface area contributed by atoms with Gasteiger partial charge >= 0.3 is 0 Å². The molecule has 5 heteroatoms. The third kappa shape index (κ3) is 2.57. The number of rotatable bonds is 3. The van der Waals surface area contributed by atoms with E-state index in [1.54, 1.807) is 6.07 Å². The second-order valence-corrected chi connectivity index (χ2v) is 5.45. The quantitative estimate of drug-likeness (QED) is 0.678. The van der Waals surface area contributed by atoms with Crippen molar-refractivity contribution < 1.29 is 4.39 Å². The van der Waals surface area contributed by atoms with E-state index in [1.807, 2.05) is 11.0 Å². The zero-order valence-electron chi connectivity index (χ0n) is 11.7. The molecule has 3 rings (SSSR count). The van der Waals surface area contributed by atoms with Crippen molar-refractivity contribution in [1.82, 2.24) is 4.90 Å². The molecule has 2 aliphatic rings. The van der Waals surface area contributed by atoms with Crippen LogP contribution in [0.5, 0.6) is 0 Å². The molecule has 1 aromatic rings. The molecular formula is C15H21FN4. The zero-order chi connectivity index (χ0) is 13.9. The maximum atomic E-state index is 14.1. The fourth-order valence-electron chi connectivity index (χ4n) is 2.76. The Labute approximate surface area is 119 Å². The molecule has 1 aromatic carbocycles. The van der Waals surface area contributed by atoms with Crippen LogP contribution in [-0.2, 0) is 6.54 Å². The van der Waals surface area contributed by atoms with Crippen LogP contribution in [0.3, 0.4) is 0 Å². The first-order chi connectivity index (χ1) is 9.75. The molecule has 2 N–H and O–H groups in total. The molecule has 2 saturated heterocycles. The molecular weight excluding hydrogens is 255 g/mol. The van der Waals surface area contributed by atoms with Gasteiger partial charge in [-0.05, 0) is 31.4 Å². The average Bonchev–Trinajstić information content (AvgIpc) is 2.88. The SMILES string of the molecule is NC(=NCc1c(F)cccc1N1CCCC1)N1CCC1. The molecule has 0 spiro atoms. The standard InChI is InChI=1S/C15H21FN4/c16-13-5-3-6-14(19-7-1-2-8-19)12(13)11-18-15(17)20-9-4-10-20/h3,5-6H,1-2,4,7-11H2,(H2,17,18). The van der Waals surface area contributed by atoms with Crippen LogP contribution in [0.15, 0.2) is 23.2 Å². The highest BCUT2D eigenvalue weighted by atomic mass is 19.1. The summed E-state index contributed by atoms with van der Waals surface area (Å²) in [5, 5.41) is 0. The summed E-state index contributed by atoms with van der Waals surface area (Å²) in [7, 11) is 0. The summed E-state index contributed by atoms with van der Waals surface area (Å²) in [5.74, 6) is 0.349. The predicted octanol–water partition coefficient (Wildman–Crippen LogP) is 1.95. The molecule has 108 valence electrons. The zero-order valence-corrected chi connectivity index (χ0v) is 11.7. The number of hydrogen-bond donors (Lipinski definition) is 1. The van der Waals surface area contributed by atoms with Gasteiger partial charge in [0.1, 0.15) is 5.82 Å². The van der Waals surface area contributed by atoms with Crippen molar-refractivity contribution in [2.24, 2.45) is 10.7 Å². The lowest BCUT2D eigenvalue weighted by molar-refractivity contribution is 0.295. The number of hydrogen-bond acceptors (Lipinski definition) is 2. The topological polar surface area (TPSA) is 44.9 Å². The molecule has 20 heavy (non-hydrogen) atoms. The van der Waals surface area contributed by atoms with E-state index < -0.39 is 0 Å². The summed E-state index contributed by atoms with van der Waals surface area (Å²) >= 11 is 0. The van der Waals surface area contributed by atoms with Crippen LogP contribution in [0, 0.1) is 5.82 Å².